The molecule has 4 aromatic rings. The normalized spacial score (nSPS) is 14.7. The van der Waals surface area contributed by atoms with E-state index in [0.717, 1.165) is 11.1 Å². The van der Waals surface area contributed by atoms with Gasteiger partial charge < -0.3 is 4.74 Å². The van der Waals surface area contributed by atoms with Crippen LogP contribution in [0.25, 0.3) is 17.2 Å². The Labute approximate surface area is 207 Å². The number of nitrogens with zero attached hydrogens (tertiary/aromatic N) is 2. The highest BCUT2D eigenvalue weighted by atomic mass is 32.1. The van der Waals surface area contributed by atoms with Crippen LogP contribution in [-0.2, 0) is 9.59 Å². The Bertz CT molecular complexity index is 1440. The van der Waals surface area contributed by atoms with Crippen LogP contribution in [0.3, 0.4) is 0 Å². The Morgan fingerprint density at radius 3 is 2.31 bits per heavy atom. The van der Waals surface area contributed by atoms with Crippen molar-refractivity contribution in [3.8, 4) is 22.6 Å². The van der Waals surface area contributed by atoms with E-state index in [1.54, 1.807) is 42.7 Å². The molecular weight excluding hydrogens is 458 g/mol. The van der Waals surface area contributed by atoms with Gasteiger partial charge >= 0.3 is 0 Å². The predicted molar refractivity (Wildman–Crippen MR) is 139 cm³/mol. The number of hydrogen-bond donors (Lipinski definition) is 1. The lowest BCUT2D eigenvalue weighted by Gasteiger charge is -2.29. The van der Waals surface area contributed by atoms with Gasteiger partial charge in [0, 0.05) is 18.0 Å². The molecule has 170 valence electrons. The second kappa shape index (κ2) is 9.70. The third kappa shape index (κ3) is 4.85. The van der Waals surface area contributed by atoms with Crippen LogP contribution >= 0.6 is 12.2 Å². The molecule has 2 heterocycles. The van der Waals surface area contributed by atoms with Gasteiger partial charge in [-0.2, -0.15) is 0 Å². The summed E-state index contributed by atoms with van der Waals surface area (Å²) in [5, 5.41) is 2.64. The average Bonchev–Trinajstić information content (AvgIpc) is 2.89. The van der Waals surface area contributed by atoms with Crippen LogP contribution in [0.1, 0.15) is 5.56 Å². The molecule has 0 aliphatic carbocycles. The Morgan fingerprint density at radius 2 is 1.57 bits per heavy atom. The highest BCUT2D eigenvalue weighted by molar-refractivity contribution is 7.80. The van der Waals surface area contributed by atoms with Crippen molar-refractivity contribution < 1.29 is 14.3 Å². The third-order valence-electron chi connectivity index (χ3n) is 5.37. The monoisotopic (exact) mass is 477 g/mol. The standard InChI is InChI=1S/C28H19N3O3S/c32-26-25(17-19-6-4-7-20(16-19)21-8-5-15-29-18-21)27(33)31(28(35)30-26)22-11-13-24(14-12-22)34-23-9-2-1-3-10-23/h1-18H,(H,30,32,35). The first-order valence-corrected chi connectivity index (χ1v) is 11.2. The molecule has 1 aliphatic heterocycles. The van der Waals surface area contributed by atoms with Gasteiger partial charge in [-0.05, 0) is 78.0 Å². The molecule has 1 N–H and O–H groups in total. The summed E-state index contributed by atoms with van der Waals surface area (Å²) in [4.78, 5) is 31.5. The molecule has 1 fully saturated rings. The molecule has 1 aromatic heterocycles. The lowest BCUT2D eigenvalue weighted by atomic mass is 10.0. The number of rotatable bonds is 5. The number of carbonyl (C=O) groups is 2. The maximum atomic E-state index is 13.4. The van der Waals surface area contributed by atoms with E-state index in [0.29, 0.717) is 22.7 Å². The Hall–Kier alpha value is -4.62. The number of amides is 2. The molecule has 0 unspecified atom stereocenters. The zero-order chi connectivity index (χ0) is 24.2. The lowest BCUT2D eigenvalue weighted by Crippen LogP contribution is -2.54. The SMILES string of the molecule is O=C1NC(=S)N(c2ccc(Oc3ccccc3)cc2)C(=O)C1=Cc1cccc(-c2cccnc2)c1. The van der Waals surface area contributed by atoms with Gasteiger partial charge in [-0.1, -0.05) is 42.5 Å². The van der Waals surface area contributed by atoms with Gasteiger partial charge in [0.2, 0.25) is 0 Å². The number of pyridine rings is 1. The van der Waals surface area contributed by atoms with Crippen molar-refractivity contribution >= 4 is 40.9 Å². The van der Waals surface area contributed by atoms with E-state index < -0.39 is 11.8 Å². The highest BCUT2D eigenvalue weighted by Gasteiger charge is 2.34. The molecule has 0 spiro atoms. The van der Waals surface area contributed by atoms with E-state index in [1.807, 2.05) is 66.7 Å². The van der Waals surface area contributed by atoms with Crippen molar-refractivity contribution in [2.24, 2.45) is 0 Å². The molecular formula is C28H19N3O3S. The van der Waals surface area contributed by atoms with Gasteiger partial charge in [-0.25, -0.2) is 0 Å². The largest absolute Gasteiger partial charge is 0.457 e. The van der Waals surface area contributed by atoms with Crippen molar-refractivity contribution in [1.82, 2.24) is 10.3 Å². The predicted octanol–water partition coefficient (Wildman–Crippen LogP) is 5.37. The first kappa shape index (κ1) is 22.2. The van der Waals surface area contributed by atoms with Gasteiger partial charge in [0.05, 0.1) is 5.69 Å². The maximum Gasteiger partial charge on any atom is 0.270 e. The van der Waals surface area contributed by atoms with Crippen LogP contribution in [0.5, 0.6) is 11.5 Å². The molecule has 1 aliphatic rings. The summed E-state index contributed by atoms with van der Waals surface area (Å²) in [6.07, 6.45) is 5.04. The van der Waals surface area contributed by atoms with Crippen molar-refractivity contribution in [1.29, 1.82) is 0 Å². The second-order valence-corrected chi connectivity index (χ2v) is 8.12. The summed E-state index contributed by atoms with van der Waals surface area (Å²) < 4.78 is 5.82. The summed E-state index contributed by atoms with van der Waals surface area (Å²) in [5.41, 5.74) is 3.09. The maximum absolute atomic E-state index is 13.4. The minimum Gasteiger partial charge on any atom is -0.457 e. The van der Waals surface area contributed by atoms with Gasteiger partial charge in [-0.3, -0.25) is 24.8 Å². The van der Waals surface area contributed by atoms with Gasteiger partial charge in [-0.15, -0.1) is 0 Å². The fourth-order valence-electron chi connectivity index (χ4n) is 3.69. The van der Waals surface area contributed by atoms with Crippen LogP contribution in [0.15, 0.2) is 109 Å². The Kier molecular flexibility index (Phi) is 6.15. The first-order chi connectivity index (χ1) is 17.1. The number of benzene rings is 3. The smallest absolute Gasteiger partial charge is 0.270 e. The number of hydrogen-bond acceptors (Lipinski definition) is 5. The highest BCUT2D eigenvalue weighted by Crippen LogP contribution is 2.27. The third-order valence-corrected chi connectivity index (χ3v) is 5.65. The fourth-order valence-corrected chi connectivity index (χ4v) is 3.97. The number of para-hydroxylation sites is 1. The summed E-state index contributed by atoms with van der Waals surface area (Å²) >= 11 is 5.31. The Morgan fingerprint density at radius 1 is 0.829 bits per heavy atom. The molecule has 7 heteroatoms. The summed E-state index contributed by atoms with van der Waals surface area (Å²) in [6.45, 7) is 0. The quantitative estimate of drug-likeness (QED) is 0.238. The molecule has 6 nitrogen and oxygen atoms in total. The number of aromatic nitrogens is 1. The average molecular weight is 478 g/mol. The molecule has 2 amide bonds. The van der Waals surface area contributed by atoms with Crippen molar-refractivity contribution in [2.75, 3.05) is 4.90 Å². The Balaban J connectivity index is 1.41. The van der Waals surface area contributed by atoms with Crippen LogP contribution in [-0.4, -0.2) is 21.9 Å². The zero-order valence-electron chi connectivity index (χ0n) is 18.4. The summed E-state index contributed by atoms with van der Waals surface area (Å²) in [6, 6.07) is 27.7. The molecule has 5 rings (SSSR count). The minimum absolute atomic E-state index is 0.00783. The van der Waals surface area contributed by atoms with Crippen molar-refractivity contribution in [3.63, 3.8) is 0 Å². The molecule has 0 bridgehead atoms. The molecule has 0 radical (unpaired) electrons. The number of ether oxygens (including phenoxy) is 1. The van der Waals surface area contributed by atoms with Gasteiger partial charge in [0.15, 0.2) is 5.11 Å². The molecule has 0 saturated carbocycles. The van der Waals surface area contributed by atoms with E-state index in [2.05, 4.69) is 10.3 Å². The van der Waals surface area contributed by atoms with E-state index in [9.17, 15) is 9.59 Å². The second-order valence-electron chi connectivity index (χ2n) is 7.73. The van der Waals surface area contributed by atoms with Crippen LogP contribution < -0.4 is 15.0 Å². The topological polar surface area (TPSA) is 71.5 Å². The molecule has 3 aromatic carbocycles. The van der Waals surface area contributed by atoms with Crippen LogP contribution in [0, 0.1) is 0 Å². The van der Waals surface area contributed by atoms with E-state index in [1.165, 1.54) is 4.90 Å². The van der Waals surface area contributed by atoms with Crippen LogP contribution in [0.2, 0.25) is 0 Å². The van der Waals surface area contributed by atoms with E-state index >= 15 is 0 Å². The van der Waals surface area contributed by atoms with Crippen LogP contribution in [0.4, 0.5) is 5.69 Å². The van der Waals surface area contributed by atoms with Gasteiger partial charge in [0.25, 0.3) is 11.8 Å². The lowest BCUT2D eigenvalue weighted by molar-refractivity contribution is -0.122. The fraction of sp³-hybridized carbons (Fsp3) is 0. The van der Waals surface area contributed by atoms with Gasteiger partial charge in [0.1, 0.15) is 17.1 Å². The number of carbonyl (C=O) groups excluding carboxylic acids is 2. The molecule has 1 saturated heterocycles. The zero-order valence-corrected chi connectivity index (χ0v) is 19.2. The summed E-state index contributed by atoms with van der Waals surface area (Å²) in [5.74, 6) is 0.285. The molecule has 35 heavy (non-hydrogen) atoms. The summed E-state index contributed by atoms with van der Waals surface area (Å²) in [7, 11) is 0. The number of anilines is 1. The van der Waals surface area contributed by atoms with E-state index in [4.69, 9.17) is 17.0 Å². The van der Waals surface area contributed by atoms with Crippen molar-refractivity contribution in [2.45, 2.75) is 0 Å². The molecule has 0 atom stereocenters. The minimum atomic E-state index is -0.535. The number of nitrogens with one attached hydrogen (secondary N) is 1. The van der Waals surface area contributed by atoms with Crippen molar-refractivity contribution in [3.05, 3.63) is 115 Å². The first-order valence-electron chi connectivity index (χ1n) is 10.8. The number of thiocarbonyl (C=S) groups is 1. The van der Waals surface area contributed by atoms with E-state index in [-0.39, 0.29) is 10.7 Å².